The lowest BCUT2D eigenvalue weighted by atomic mass is 9.84. The Bertz CT molecular complexity index is 1070. The van der Waals surface area contributed by atoms with E-state index in [4.69, 9.17) is 33.7 Å². The Labute approximate surface area is 173 Å². The fraction of sp³-hybridized carbons (Fsp3) is 0.300. The minimum atomic E-state index is -0.718. The molecule has 1 aliphatic rings. The Hall–Kier alpha value is -2.46. The van der Waals surface area contributed by atoms with Crippen molar-refractivity contribution >= 4 is 23.2 Å². The molecule has 0 saturated heterocycles. The van der Waals surface area contributed by atoms with Gasteiger partial charge >= 0.3 is 0 Å². The number of aryl methyl sites for hydroxylation is 1. The van der Waals surface area contributed by atoms with E-state index in [1.807, 2.05) is 21.0 Å². The van der Waals surface area contributed by atoms with Gasteiger partial charge in [-0.15, -0.1) is 0 Å². The van der Waals surface area contributed by atoms with E-state index >= 15 is 0 Å². The molecule has 3 rings (SSSR count). The van der Waals surface area contributed by atoms with E-state index in [0.29, 0.717) is 33.5 Å². The smallest absolute Gasteiger partial charge is 0.258 e. The Morgan fingerprint density at radius 2 is 2.04 bits per heavy atom. The molecule has 0 saturated carbocycles. The number of nitrogens with one attached hydrogen (secondary N) is 1. The van der Waals surface area contributed by atoms with E-state index in [0.717, 1.165) is 12.2 Å². The van der Waals surface area contributed by atoms with E-state index in [-0.39, 0.29) is 17.0 Å². The van der Waals surface area contributed by atoms with E-state index < -0.39 is 5.92 Å². The van der Waals surface area contributed by atoms with Gasteiger partial charge in [-0.25, -0.2) is 0 Å². The molecule has 0 spiro atoms. The van der Waals surface area contributed by atoms with Crippen LogP contribution in [0.1, 0.15) is 22.7 Å². The van der Waals surface area contributed by atoms with Crippen LogP contribution >= 0.6 is 23.2 Å². The van der Waals surface area contributed by atoms with Gasteiger partial charge in [0.05, 0.1) is 38.7 Å². The number of nitrogens with zero attached hydrogens (tertiary/aromatic N) is 2. The quantitative estimate of drug-likeness (QED) is 0.791. The Morgan fingerprint density at radius 3 is 2.64 bits per heavy atom. The number of halogens is 2. The second kappa shape index (κ2) is 7.88. The highest BCUT2D eigenvalue weighted by molar-refractivity contribution is 6.35. The van der Waals surface area contributed by atoms with Crippen LogP contribution < -0.4 is 20.9 Å². The summed E-state index contributed by atoms with van der Waals surface area (Å²) in [6, 6.07) is 8.83. The first-order valence-corrected chi connectivity index (χ1v) is 9.56. The van der Waals surface area contributed by atoms with Gasteiger partial charge in [-0.05, 0) is 24.6 Å². The molecular formula is C20H21Cl2N4O2+. The number of allylic oxidation sites excluding steroid dienone is 1. The zero-order valence-electron chi connectivity index (χ0n) is 15.8. The van der Waals surface area contributed by atoms with Crippen molar-refractivity contribution in [1.29, 1.82) is 5.26 Å². The summed E-state index contributed by atoms with van der Waals surface area (Å²) in [7, 11) is 4.05. The van der Waals surface area contributed by atoms with Crippen molar-refractivity contribution in [3.05, 3.63) is 72.9 Å². The van der Waals surface area contributed by atoms with Crippen LogP contribution in [-0.4, -0.2) is 25.2 Å². The summed E-state index contributed by atoms with van der Waals surface area (Å²) in [6.45, 7) is 3.16. The van der Waals surface area contributed by atoms with E-state index in [2.05, 4.69) is 6.07 Å². The number of nitriles is 1. The monoisotopic (exact) mass is 419 g/mol. The molecule has 0 aliphatic carbocycles. The van der Waals surface area contributed by atoms with Crippen molar-refractivity contribution in [1.82, 2.24) is 4.57 Å². The normalized spacial score (nSPS) is 16.0. The summed E-state index contributed by atoms with van der Waals surface area (Å²) in [5, 5.41) is 10.5. The van der Waals surface area contributed by atoms with Gasteiger partial charge in [0.25, 0.3) is 5.56 Å². The van der Waals surface area contributed by atoms with Crippen molar-refractivity contribution < 1.29 is 9.64 Å². The van der Waals surface area contributed by atoms with Crippen LogP contribution in [0, 0.1) is 18.3 Å². The fourth-order valence-electron chi connectivity index (χ4n) is 3.35. The molecule has 2 aromatic rings. The number of aromatic nitrogens is 1. The Kier molecular flexibility index (Phi) is 5.71. The minimum Gasteiger partial charge on any atom is -0.440 e. The van der Waals surface area contributed by atoms with Crippen molar-refractivity contribution in [2.45, 2.75) is 19.4 Å². The zero-order chi connectivity index (χ0) is 20.6. The summed E-state index contributed by atoms with van der Waals surface area (Å²) in [4.78, 5) is 14.6. The number of hydrogen-bond acceptors (Lipinski definition) is 4. The topological polar surface area (TPSA) is 85.5 Å². The van der Waals surface area contributed by atoms with E-state index in [1.54, 1.807) is 28.8 Å². The molecule has 6 nitrogen and oxygen atoms in total. The predicted molar refractivity (Wildman–Crippen MR) is 109 cm³/mol. The van der Waals surface area contributed by atoms with Crippen LogP contribution in [0.5, 0.6) is 5.75 Å². The van der Waals surface area contributed by atoms with Gasteiger partial charge in [0, 0.05) is 21.8 Å². The summed E-state index contributed by atoms with van der Waals surface area (Å²) >= 11 is 12.4. The first kappa shape index (κ1) is 20.3. The summed E-state index contributed by atoms with van der Waals surface area (Å²) in [5.41, 5.74) is 7.65. The zero-order valence-corrected chi connectivity index (χ0v) is 17.4. The largest absolute Gasteiger partial charge is 0.440 e. The van der Waals surface area contributed by atoms with Crippen molar-refractivity contribution in [3.8, 4) is 11.8 Å². The lowest BCUT2D eigenvalue weighted by Gasteiger charge is -2.28. The lowest BCUT2D eigenvalue weighted by molar-refractivity contribution is -0.858. The molecule has 146 valence electrons. The van der Waals surface area contributed by atoms with Gasteiger partial charge in [0.1, 0.15) is 17.4 Å². The first-order valence-electron chi connectivity index (χ1n) is 8.80. The molecule has 0 bridgehead atoms. The molecule has 1 aromatic heterocycles. The number of benzene rings is 1. The summed E-state index contributed by atoms with van der Waals surface area (Å²) < 4.78 is 7.34. The highest BCUT2D eigenvalue weighted by atomic mass is 35.5. The van der Waals surface area contributed by atoms with Gasteiger partial charge in [-0.1, -0.05) is 29.3 Å². The van der Waals surface area contributed by atoms with Gasteiger partial charge in [-0.2, -0.15) is 5.26 Å². The van der Waals surface area contributed by atoms with Crippen molar-refractivity contribution in [3.63, 3.8) is 0 Å². The number of nitrogens with two attached hydrogens (primary N) is 1. The number of pyridine rings is 1. The molecular weight excluding hydrogens is 399 g/mol. The summed E-state index contributed by atoms with van der Waals surface area (Å²) in [5.74, 6) is -0.395. The molecule has 0 fully saturated rings. The third-order valence-electron chi connectivity index (χ3n) is 4.80. The van der Waals surface area contributed by atoms with Crippen LogP contribution in [-0.2, 0) is 6.54 Å². The molecule has 2 heterocycles. The molecule has 3 N–H and O–H groups in total. The number of fused-ring (bicyclic) bond motifs is 1. The Balaban J connectivity index is 2.27. The van der Waals surface area contributed by atoms with Crippen LogP contribution in [0.4, 0.5) is 0 Å². The van der Waals surface area contributed by atoms with Crippen LogP contribution in [0.15, 0.2) is 40.5 Å². The number of ether oxygens (including phenoxy) is 1. The Morgan fingerprint density at radius 1 is 1.32 bits per heavy atom. The van der Waals surface area contributed by atoms with Crippen LogP contribution in [0.25, 0.3) is 0 Å². The minimum absolute atomic E-state index is 0.0275. The molecule has 0 amide bonds. The van der Waals surface area contributed by atoms with Gasteiger partial charge in [0.2, 0.25) is 5.88 Å². The average molecular weight is 420 g/mol. The standard InChI is InChI=1S/C20H20Cl2N4O2/c1-11-8-16-18(20(27)26(11)7-6-25(2)3)17(14(10-23)19(24)28-16)13-5-4-12(21)9-15(13)22/h4-5,8-9,17H,6-7,24H2,1-3H3/p+1/t17-/m1/s1. The van der Waals surface area contributed by atoms with Crippen molar-refractivity contribution in [2.75, 3.05) is 20.6 Å². The molecule has 28 heavy (non-hydrogen) atoms. The maximum Gasteiger partial charge on any atom is 0.258 e. The number of rotatable bonds is 4. The molecule has 0 radical (unpaired) electrons. The van der Waals surface area contributed by atoms with Crippen LogP contribution in [0.2, 0.25) is 10.0 Å². The maximum atomic E-state index is 13.4. The second-order valence-electron chi connectivity index (χ2n) is 7.07. The predicted octanol–water partition coefficient (Wildman–Crippen LogP) is 1.83. The van der Waals surface area contributed by atoms with Gasteiger partial charge in [-0.3, -0.25) is 4.79 Å². The molecule has 1 aliphatic heterocycles. The molecule has 8 heteroatoms. The third-order valence-corrected chi connectivity index (χ3v) is 5.36. The summed E-state index contributed by atoms with van der Waals surface area (Å²) in [6.07, 6.45) is 0. The first-order chi connectivity index (χ1) is 13.2. The molecule has 1 atom stereocenters. The third kappa shape index (κ3) is 3.61. The average Bonchev–Trinajstić information content (AvgIpc) is 2.60. The SMILES string of the molecule is Cc1cc2c(c(=O)n1CC[NH+](C)C)[C@H](c1ccc(Cl)cc1Cl)C(C#N)=C(N)O2. The highest BCUT2D eigenvalue weighted by Gasteiger charge is 2.35. The number of quaternary nitrogens is 1. The number of hydrogen-bond donors (Lipinski definition) is 2. The van der Waals surface area contributed by atoms with E-state index in [9.17, 15) is 10.1 Å². The second-order valence-corrected chi connectivity index (χ2v) is 7.91. The van der Waals surface area contributed by atoms with Gasteiger partial charge in [0.15, 0.2) is 0 Å². The maximum absolute atomic E-state index is 13.4. The highest BCUT2D eigenvalue weighted by Crippen LogP contribution is 2.43. The van der Waals surface area contributed by atoms with Crippen molar-refractivity contribution in [2.24, 2.45) is 5.73 Å². The van der Waals surface area contributed by atoms with Gasteiger partial charge < -0.3 is 19.9 Å². The molecule has 1 aromatic carbocycles. The fourth-order valence-corrected chi connectivity index (χ4v) is 3.86. The number of likely N-dealkylation sites (N-methyl/N-ethyl adjacent to an activating group) is 1. The lowest BCUT2D eigenvalue weighted by Crippen LogP contribution is -3.06. The molecule has 0 unspecified atom stereocenters. The van der Waals surface area contributed by atoms with E-state index in [1.165, 1.54) is 4.90 Å². The van der Waals surface area contributed by atoms with Crippen LogP contribution in [0.3, 0.4) is 0 Å².